The number of nitrogens with zero attached hydrogens (tertiary/aromatic N) is 2. The average molecular weight is 616 g/mol. The molecule has 2 heterocycles. The normalized spacial score (nSPS) is 23.5. The highest BCUT2D eigenvalue weighted by atomic mass is 32.2. The maximum Gasteiger partial charge on any atom is 0.303 e. The van der Waals surface area contributed by atoms with Crippen molar-refractivity contribution in [2.45, 2.75) is 63.0 Å². The third kappa shape index (κ3) is 6.89. The van der Waals surface area contributed by atoms with E-state index in [2.05, 4.69) is 9.93 Å². The molecule has 0 aliphatic carbocycles. The molecule has 1 saturated heterocycles. The second-order valence-electron chi connectivity index (χ2n) is 9.79. The highest BCUT2D eigenvalue weighted by Crippen LogP contribution is 2.34. The van der Waals surface area contributed by atoms with Gasteiger partial charge in [-0.25, -0.2) is 4.83 Å². The summed E-state index contributed by atoms with van der Waals surface area (Å²) in [5.74, 6) is -3.90. The SMILES string of the molecule is CC(=O)OC[C@H]1O[C@@H](/C=N/NS(=O)(=O)c2ccc(C)cc2)[C@H](N2C(=O)c3ccccc3C2=O)[C@@H](OC(C)=O)[C@@H]1OC(C)=O. The molecule has 43 heavy (non-hydrogen) atoms. The van der Waals surface area contributed by atoms with Crippen LogP contribution in [0.2, 0.25) is 0 Å². The van der Waals surface area contributed by atoms with Gasteiger partial charge in [-0.05, 0) is 31.2 Å². The molecule has 228 valence electrons. The summed E-state index contributed by atoms with van der Waals surface area (Å²) in [5, 5.41) is 3.82. The van der Waals surface area contributed by atoms with Crippen molar-refractivity contribution < 1.29 is 51.3 Å². The largest absolute Gasteiger partial charge is 0.463 e. The van der Waals surface area contributed by atoms with Gasteiger partial charge in [-0.2, -0.15) is 13.5 Å². The standard InChI is InChI=1S/C28H29N3O11S/c1-15-9-11-19(12-10-15)43(37,38)30-29-13-22-24(31-27(35)20-7-5-6-8-21(20)28(31)36)26(41-18(4)34)25(40-17(3)33)23(42-22)14-39-16(2)32/h5-13,22-26,30H,14H2,1-4H3/b29-13+/t22-,23+,24-,25+,26+/m0/s1. The van der Waals surface area contributed by atoms with Crippen LogP contribution in [0.25, 0.3) is 0 Å². The molecular weight excluding hydrogens is 586 g/mol. The smallest absolute Gasteiger partial charge is 0.303 e. The Kier molecular flexibility index (Phi) is 9.25. The van der Waals surface area contributed by atoms with Crippen LogP contribution in [0.1, 0.15) is 47.1 Å². The summed E-state index contributed by atoms with van der Waals surface area (Å²) in [6.45, 7) is 4.58. The van der Waals surface area contributed by atoms with E-state index >= 15 is 0 Å². The Labute approximate surface area is 247 Å². The Morgan fingerprint density at radius 3 is 2.00 bits per heavy atom. The quantitative estimate of drug-likeness (QED) is 0.140. The lowest BCUT2D eigenvalue weighted by Gasteiger charge is -2.46. The zero-order chi connectivity index (χ0) is 31.5. The number of benzene rings is 2. The van der Waals surface area contributed by atoms with Crippen LogP contribution in [0, 0.1) is 6.92 Å². The molecule has 14 nitrogen and oxygen atoms in total. The number of imide groups is 1. The second kappa shape index (κ2) is 12.7. The summed E-state index contributed by atoms with van der Waals surface area (Å²) < 4.78 is 47.7. The third-order valence-corrected chi connectivity index (χ3v) is 7.84. The van der Waals surface area contributed by atoms with Crippen LogP contribution in [0.15, 0.2) is 58.5 Å². The summed E-state index contributed by atoms with van der Waals surface area (Å²) in [5.41, 5.74) is 0.964. The van der Waals surface area contributed by atoms with Gasteiger partial charge in [0.2, 0.25) is 0 Å². The van der Waals surface area contributed by atoms with Gasteiger partial charge in [0.1, 0.15) is 24.9 Å². The van der Waals surface area contributed by atoms with Crippen LogP contribution in [-0.2, 0) is 43.4 Å². The van der Waals surface area contributed by atoms with E-state index in [1.165, 1.54) is 24.3 Å². The highest BCUT2D eigenvalue weighted by Gasteiger charge is 2.56. The maximum absolute atomic E-state index is 13.5. The van der Waals surface area contributed by atoms with Gasteiger partial charge >= 0.3 is 17.9 Å². The van der Waals surface area contributed by atoms with Gasteiger partial charge in [-0.15, -0.1) is 0 Å². The molecule has 1 fully saturated rings. The van der Waals surface area contributed by atoms with E-state index in [0.717, 1.165) is 37.4 Å². The lowest BCUT2D eigenvalue weighted by molar-refractivity contribution is -0.219. The molecule has 0 aromatic heterocycles. The van der Waals surface area contributed by atoms with E-state index in [9.17, 15) is 32.4 Å². The monoisotopic (exact) mass is 615 g/mol. The first kappa shape index (κ1) is 31.3. The van der Waals surface area contributed by atoms with Crippen molar-refractivity contribution in [1.82, 2.24) is 9.73 Å². The first-order valence-electron chi connectivity index (χ1n) is 13.0. The highest BCUT2D eigenvalue weighted by molar-refractivity contribution is 7.89. The minimum atomic E-state index is -4.15. The number of amides is 2. The maximum atomic E-state index is 13.5. The van der Waals surface area contributed by atoms with Crippen LogP contribution in [0.3, 0.4) is 0 Å². The van der Waals surface area contributed by atoms with Crippen molar-refractivity contribution >= 4 is 46.0 Å². The number of fused-ring (bicyclic) bond motifs is 1. The summed E-state index contributed by atoms with van der Waals surface area (Å²) in [4.78, 5) is 65.8. The Bertz CT molecular complexity index is 1540. The number of hydrazone groups is 1. The molecule has 0 bridgehead atoms. The van der Waals surface area contributed by atoms with Crippen molar-refractivity contribution in [3.8, 4) is 0 Å². The second-order valence-corrected chi connectivity index (χ2v) is 11.5. The van der Waals surface area contributed by atoms with Gasteiger partial charge < -0.3 is 18.9 Å². The van der Waals surface area contributed by atoms with Gasteiger partial charge in [-0.1, -0.05) is 29.8 Å². The van der Waals surface area contributed by atoms with Crippen molar-refractivity contribution in [3.63, 3.8) is 0 Å². The Hall–Kier alpha value is -4.63. The molecule has 2 aliphatic rings. The van der Waals surface area contributed by atoms with Crippen LogP contribution in [0.5, 0.6) is 0 Å². The Balaban J connectivity index is 1.78. The lowest BCUT2D eigenvalue weighted by Crippen LogP contribution is -2.67. The molecule has 2 aromatic carbocycles. The molecular formula is C28H29N3O11S. The van der Waals surface area contributed by atoms with Gasteiger partial charge in [0, 0.05) is 20.8 Å². The van der Waals surface area contributed by atoms with E-state index < -0.39 is 76.8 Å². The Morgan fingerprint density at radius 2 is 1.47 bits per heavy atom. The van der Waals surface area contributed by atoms with Crippen molar-refractivity contribution in [1.29, 1.82) is 0 Å². The van der Waals surface area contributed by atoms with Crippen LogP contribution < -0.4 is 4.83 Å². The molecule has 2 amide bonds. The number of rotatable bonds is 9. The number of carbonyl (C=O) groups is 5. The fourth-order valence-electron chi connectivity index (χ4n) is 4.79. The molecule has 2 aliphatic heterocycles. The number of aryl methyl sites for hydroxylation is 1. The first-order chi connectivity index (χ1) is 20.3. The van der Waals surface area contributed by atoms with Crippen LogP contribution >= 0.6 is 0 Å². The van der Waals surface area contributed by atoms with Gasteiger partial charge in [0.05, 0.1) is 22.2 Å². The average Bonchev–Trinajstić information content (AvgIpc) is 3.18. The van der Waals surface area contributed by atoms with Gasteiger partial charge in [0.25, 0.3) is 21.8 Å². The molecule has 5 atom stereocenters. The van der Waals surface area contributed by atoms with Crippen LogP contribution in [0.4, 0.5) is 0 Å². The minimum Gasteiger partial charge on any atom is -0.463 e. The summed E-state index contributed by atoms with van der Waals surface area (Å²) >= 11 is 0. The number of hydrogen-bond acceptors (Lipinski definition) is 12. The molecule has 4 rings (SSSR count). The number of carbonyl (C=O) groups excluding carboxylic acids is 5. The minimum absolute atomic E-state index is 0.0657. The predicted octanol–water partition coefficient (Wildman–Crippen LogP) is 1.12. The van der Waals surface area contributed by atoms with E-state index in [1.54, 1.807) is 31.2 Å². The topological polar surface area (TPSA) is 184 Å². The van der Waals surface area contributed by atoms with Gasteiger partial charge in [-0.3, -0.25) is 28.9 Å². The fourth-order valence-corrected chi connectivity index (χ4v) is 5.59. The number of hydrogen-bond donors (Lipinski definition) is 1. The lowest BCUT2D eigenvalue weighted by atomic mass is 9.91. The zero-order valence-electron chi connectivity index (χ0n) is 23.6. The summed E-state index contributed by atoms with van der Waals surface area (Å²) in [6, 6.07) is 10.4. The van der Waals surface area contributed by atoms with E-state index in [4.69, 9.17) is 18.9 Å². The number of esters is 3. The fraction of sp³-hybridized carbons (Fsp3) is 0.357. The van der Waals surface area contributed by atoms with E-state index in [-0.39, 0.29) is 16.0 Å². The van der Waals surface area contributed by atoms with Gasteiger partial charge in [0.15, 0.2) is 12.2 Å². The summed E-state index contributed by atoms with van der Waals surface area (Å²) in [6.07, 6.45) is -4.75. The van der Waals surface area contributed by atoms with Crippen molar-refractivity contribution in [2.24, 2.45) is 5.10 Å². The Morgan fingerprint density at radius 1 is 0.907 bits per heavy atom. The molecule has 0 unspecified atom stereocenters. The van der Waals surface area contributed by atoms with E-state index in [0.29, 0.717) is 0 Å². The number of ether oxygens (including phenoxy) is 4. The van der Waals surface area contributed by atoms with E-state index in [1.807, 2.05) is 0 Å². The molecule has 0 radical (unpaired) electrons. The summed E-state index contributed by atoms with van der Waals surface area (Å²) in [7, 11) is -4.15. The molecule has 0 spiro atoms. The van der Waals surface area contributed by atoms with Crippen LogP contribution in [-0.4, -0.2) is 86.3 Å². The predicted molar refractivity (Wildman–Crippen MR) is 147 cm³/mol. The third-order valence-electron chi connectivity index (χ3n) is 6.60. The number of nitrogens with one attached hydrogen (secondary N) is 1. The molecule has 1 N–H and O–H groups in total. The molecule has 15 heteroatoms. The zero-order valence-corrected chi connectivity index (χ0v) is 24.4. The molecule has 2 aromatic rings. The molecule has 0 saturated carbocycles. The number of sulfonamides is 1. The van der Waals surface area contributed by atoms with Crippen molar-refractivity contribution in [2.75, 3.05) is 6.61 Å². The first-order valence-corrected chi connectivity index (χ1v) is 14.5. The van der Waals surface area contributed by atoms with Crippen molar-refractivity contribution in [3.05, 3.63) is 65.2 Å².